The topological polar surface area (TPSA) is 74.8 Å². The number of nitrogens with zero attached hydrogens (tertiary/aromatic N) is 1. The molecule has 1 heterocycles. The van der Waals surface area contributed by atoms with Crippen molar-refractivity contribution in [3.8, 4) is 0 Å². The second-order valence-electron chi connectivity index (χ2n) is 5.16. The SMILES string of the molecule is CCc1c(C)nc(SCC(=O)NCCc2ccccc2)[nH]c1=O. The first-order chi connectivity index (χ1) is 11.1. The van der Waals surface area contributed by atoms with Crippen molar-refractivity contribution < 1.29 is 4.79 Å². The summed E-state index contributed by atoms with van der Waals surface area (Å²) in [6, 6.07) is 10.0. The number of nitrogens with one attached hydrogen (secondary N) is 2. The maximum absolute atomic E-state index is 11.9. The van der Waals surface area contributed by atoms with Gasteiger partial charge in [0, 0.05) is 17.8 Å². The molecule has 0 atom stereocenters. The average Bonchev–Trinajstić information content (AvgIpc) is 2.54. The summed E-state index contributed by atoms with van der Waals surface area (Å²) in [5.74, 6) is 0.175. The van der Waals surface area contributed by atoms with E-state index in [4.69, 9.17) is 0 Å². The Hall–Kier alpha value is -2.08. The van der Waals surface area contributed by atoms with E-state index in [2.05, 4.69) is 15.3 Å². The van der Waals surface area contributed by atoms with Crippen molar-refractivity contribution in [2.24, 2.45) is 0 Å². The van der Waals surface area contributed by atoms with Crippen LogP contribution in [0.2, 0.25) is 0 Å². The van der Waals surface area contributed by atoms with Crippen LogP contribution >= 0.6 is 11.8 Å². The Bertz CT molecular complexity index is 714. The summed E-state index contributed by atoms with van der Waals surface area (Å²) in [7, 11) is 0. The molecule has 0 aliphatic rings. The molecule has 0 aliphatic heterocycles. The molecule has 0 saturated heterocycles. The van der Waals surface area contributed by atoms with Crippen molar-refractivity contribution in [3.63, 3.8) is 0 Å². The molecule has 0 fully saturated rings. The van der Waals surface area contributed by atoms with Crippen LogP contribution in [0.4, 0.5) is 0 Å². The fourth-order valence-corrected chi connectivity index (χ4v) is 2.98. The molecule has 6 heteroatoms. The lowest BCUT2D eigenvalue weighted by Gasteiger charge is -2.06. The fraction of sp³-hybridized carbons (Fsp3) is 0.353. The van der Waals surface area contributed by atoms with E-state index in [1.54, 1.807) is 0 Å². The highest BCUT2D eigenvalue weighted by atomic mass is 32.2. The minimum atomic E-state index is -0.119. The minimum Gasteiger partial charge on any atom is -0.355 e. The number of aromatic amines is 1. The lowest BCUT2D eigenvalue weighted by Crippen LogP contribution is -2.27. The number of amides is 1. The van der Waals surface area contributed by atoms with Crippen LogP contribution in [-0.2, 0) is 17.6 Å². The van der Waals surface area contributed by atoms with Gasteiger partial charge in [-0.1, -0.05) is 49.0 Å². The molecule has 1 aromatic carbocycles. The van der Waals surface area contributed by atoms with E-state index in [0.29, 0.717) is 23.7 Å². The van der Waals surface area contributed by atoms with Crippen molar-refractivity contribution >= 4 is 17.7 Å². The molecule has 1 amide bonds. The van der Waals surface area contributed by atoms with Gasteiger partial charge in [0.2, 0.25) is 5.91 Å². The number of H-pyrrole nitrogens is 1. The lowest BCUT2D eigenvalue weighted by molar-refractivity contribution is -0.118. The van der Waals surface area contributed by atoms with Crippen LogP contribution < -0.4 is 10.9 Å². The Kier molecular flexibility index (Phi) is 6.40. The minimum absolute atomic E-state index is 0.0641. The van der Waals surface area contributed by atoms with Gasteiger partial charge in [-0.05, 0) is 25.3 Å². The summed E-state index contributed by atoms with van der Waals surface area (Å²) < 4.78 is 0. The van der Waals surface area contributed by atoms with Crippen molar-refractivity contribution in [1.82, 2.24) is 15.3 Å². The fourth-order valence-electron chi connectivity index (χ4n) is 2.25. The van der Waals surface area contributed by atoms with Crippen molar-refractivity contribution in [1.29, 1.82) is 0 Å². The molecule has 0 aliphatic carbocycles. The smallest absolute Gasteiger partial charge is 0.254 e. The average molecular weight is 331 g/mol. The number of thioether (sulfide) groups is 1. The number of aryl methyl sites for hydroxylation is 1. The van der Waals surface area contributed by atoms with Gasteiger partial charge in [0.05, 0.1) is 5.75 Å². The second-order valence-corrected chi connectivity index (χ2v) is 6.13. The second kappa shape index (κ2) is 8.53. The number of hydrogen-bond donors (Lipinski definition) is 2. The summed E-state index contributed by atoms with van der Waals surface area (Å²) in [6.07, 6.45) is 1.45. The molecule has 2 N–H and O–H groups in total. The molecular formula is C17H21N3O2S. The zero-order chi connectivity index (χ0) is 16.7. The third-order valence-corrected chi connectivity index (χ3v) is 4.35. The van der Waals surface area contributed by atoms with Gasteiger partial charge in [-0.25, -0.2) is 4.98 Å². The molecule has 2 aromatic rings. The number of benzene rings is 1. The van der Waals surface area contributed by atoms with E-state index < -0.39 is 0 Å². The third kappa shape index (κ3) is 5.25. The molecule has 5 nitrogen and oxygen atoms in total. The van der Waals surface area contributed by atoms with E-state index in [9.17, 15) is 9.59 Å². The van der Waals surface area contributed by atoms with Crippen LogP contribution in [0, 0.1) is 6.92 Å². The first kappa shape index (κ1) is 17.3. The molecule has 0 spiro atoms. The molecular weight excluding hydrogens is 310 g/mol. The van der Waals surface area contributed by atoms with Crippen molar-refractivity contribution in [3.05, 3.63) is 57.5 Å². The highest BCUT2D eigenvalue weighted by Crippen LogP contribution is 2.12. The van der Waals surface area contributed by atoms with Gasteiger partial charge < -0.3 is 10.3 Å². The molecule has 2 rings (SSSR count). The van der Waals surface area contributed by atoms with E-state index in [0.717, 1.165) is 12.1 Å². The lowest BCUT2D eigenvalue weighted by atomic mass is 10.1. The Morgan fingerprint density at radius 3 is 2.70 bits per heavy atom. The Balaban J connectivity index is 1.79. The Morgan fingerprint density at radius 1 is 1.30 bits per heavy atom. The van der Waals surface area contributed by atoms with Gasteiger partial charge in [0.25, 0.3) is 5.56 Å². The quantitative estimate of drug-likeness (QED) is 0.602. The highest BCUT2D eigenvalue weighted by Gasteiger charge is 2.08. The molecule has 122 valence electrons. The van der Waals surface area contributed by atoms with Gasteiger partial charge >= 0.3 is 0 Å². The highest BCUT2D eigenvalue weighted by molar-refractivity contribution is 7.99. The summed E-state index contributed by atoms with van der Waals surface area (Å²) in [5, 5.41) is 3.36. The maximum Gasteiger partial charge on any atom is 0.254 e. The van der Waals surface area contributed by atoms with Crippen molar-refractivity contribution in [2.45, 2.75) is 31.8 Å². The number of rotatable bonds is 7. The molecule has 0 radical (unpaired) electrons. The van der Waals surface area contributed by atoms with Crippen molar-refractivity contribution in [2.75, 3.05) is 12.3 Å². The van der Waals surface area contributed by atoms with Crippen LogP contribution in [0.3, 0.4) is 0 Å². The monoisotopic (exact) mass is 331 g/mol. The summed E-state index contributed by atoms with van der Waals surface area (Å²) in [5.41, 5.74) is 2.49. The van der Waals surface area contributed by atoms with Gasteiger partial charge in [0.1, 0.15) is 0 Å². The first-order valence-corrected chi connectivity index (χ1v) is 8.62. The molecule has 23 heavy (non-hydrogen) atoms. The van der Waals surface area contributed by atoms with Gasteiger partial charge in [-0.2, -0.15) is 0 Å². The van der Waals surface area contributed by atoms with Crippen LogP contribution in [0.25, 0.3) is 0 Å². The van der Waals surface area contributed by atoms with E-state index >= 15 is 0 Å². The summed E-state index contributed by atoms with van der Waals surface area (Å²) in [4.78, 5) is 30.8. The molecule has 1 aromatic heterocycles. The molecule has 0 bridgehead atoms. The van der Waals surface area contributed by atoms with E-state index in [1.165, 1.54) is 17.3 Å². The molecule has 0 saturated carbocycles. The normalized spacial score (nSPS) is 10.5. The number of carbonyl (C=O) groups excluding carboxylic acids is 1. The Morgan fingerprint density at radius 2 is 2.04 bits per heavy atom. The van der Waals surface area contributed by atoms with Gasteiger partial charge in [-0.15, -0.1) is 0 Å². The first-order valence-electron chi connectivity index (χ1n) is 7.63. The van der Waals surface area contributed by atoms with E-state index in [-0.39, 0.29) is 17.2 Å². The van der Waals surface area contributed by atoms with Gasteiger partial charge in [-0.3, -0.25) is 9.59 Å². The number of carbonyl (C=O) groups is 1. The predicted molar refractivity (Wildman–Crippen MR) is 92.9 cm³/mol. The van der Waals surface area contributed by atoms with Crippen LogP contribution in [0.15, 0.2) is 40.3 Å². The van der Waals surface area contributed by atoms with Crippen LogP contribution in [0.1, 0.15) is 23.7 Å². The summed E-state index contributed by atoms with van der Waals surface area (Å²) in [6.45, 7) is 4.34. The zero-order valence-corrected chi connectivity index (χ0v) is 14.2. The standard InChI is InChI=1S/C17H21N3O2S/c1-3-14-12(2)19-17(20-16(14)22)23-11-15(21)18-10-9-13-7-5-4-6-8-13/h4-8H,3,9-11H2,1-2H3,(H,18,21)(H,19,20,22). The third-order valence-electron chi connectivity index (χ3n) is 3.47. The zero-order valence-electron chi connectivity index (χ0n) is 13.4. The number of hydrogen-bond acceptors (Lipinski definition) is 4. The number of aromatic nitrogens is 2. The maximum atomic E-state index is 11.9. The Labute approximate surface area is 139 Å². The van der Waals surface area contributed by atoms with E-state index in [1.807, 2.05) is 44.2 Å². The van der Waals surface area contributed by atoms with Gasteiger partial charge in [0.15, 0.2) is 5.16 Å². The largest absolute Gasteiger partial charge is 0.355 e. The predicted octanol–water partition coefficient (Wildman–Crippen LogP) is 2.09. The molecule has 0 unspecified atom stereocenters. The summed E-state index contributed by atoms with van der Waals surface area (Å²) >= 11 is 1.24. The van der Waals surface area contributed by atoms with Crippen LogP contribution in [0.5, 0.6) is 0 Å². The van der Waals surface area contributed by atoms with Crippen LogP contribution in [-0.4, -0.2) is 28.2 Å².